The Balaban J connectivity index is 1.82. The van der Waals surface area contributed by atoms with E-state index in [-0.39, 0.29) is 12.8 Å². The number of benzene rings is 1. The number of rotatable bonds is 4. The molecule has 1 unspecified atom stereocenters. The van der Waals surface area contributed by atoms with Gasteiger partial charge in [-0.15, -0.1) is 0 Å². The van der Waals surface area contributed by atoms with Crippen molar-refractivity contribution in [2.45, 2.75) is 19.1 Å². The molecule has 0 saturated heterocycles. The molecule has 0 radical (unpaired) electrons. The SMILES string of the molecule is NC1=C2NC=NC2N(Cc2ccccc2CCO)C=N1. The number of nitrogens with zero attached hydrogens (tertiary/aromatic N) is 3. The highest BCUT2D eigenvalue weighted by molar-refractivity contribution is 5.69. The maximum absolute atomic E-state index is 9.14. The summed E-state index contributed by atoms with van der Waals surface area (Å²) in [7, 11) is 0. The van der Waals surface area contributed by atoms with Crippen LogP contribution in [0.2, 0.25) is 0 Å². The third-order valence-electron chi connectivity index (χ3n) is 3.48. The van der Waals surface area contributed by atoms with Gasteiger partial charge in [-0.05, 0) is 17.5 Å². The first kappa shape index (κ1) is 12.7. The van der Waals surface area contributed by atoms with E-state index in [4.69, 9.17) is 10.8 Å². The van der Waals surface area contributed by atoms with Crippen LogP contribution in [0.3, 0.4) is 0 Å². The van der Waals surface area contributed by atoms with Gasteiger partial charge in [0.2, 0.25) is 0 Å². The highest BCUT2D eigenvalue weighted by atomic mass is 16.2. The Morgan fingerprint density at radius 1 is 1.30 bits per heavy atom. The molecule has 2 heterocycles. The van der Waals surface area contributed by atoms with Crippen molar-refractivity contribution in [3.8, 4) is 0 Å². The van der Waals surface area contributed by atoms with E-state index in [1.807, 2.05) is 23.1 Å². The Morgan fingerprint density at radius 3 is 2.90 bits per heavy atom. The summed E-state index contributed by atoms with van der Waals surface area (Å²) < 4.78 is 0. The number of hydrogen-bond acceptors (Lipinski definition) is 6. The van der Waals surface area contributed by atoms with Crippen LogP contribution in [0, 0.1) is 0 Å². The van der Waals surface area contributed by atoms with Crippen molar-refractivity contribution in [1.29, 1.82) is 0 Å². The number of nitrogens with one attached hydrogen (secondary N) is 1. The van der Waals surface area contributed by atoms with Gasteiger partial charge in [0.05, 0.1) is 12.7 Å². The van der Waals surface area contributed by atoms with Gasteiger partial charge in [-0.25, -0.2) is 9.98 Å². The number of aliphatic imine (C=N–C) groups is 2. The lowest BCUT2D eigenvalue weighted by molar-refractivity contribution is 0.298. The molecular weight excluding hydrogens is 254 g/mol. The van der Waals surface area contributed by atoms with Gasteiger partial charge in [0.15, 0.2) is 6.17 Å². The van der Waals surface area contributed by atoms with Gasteiger partial charge in [0, 0.05) is 13.2 Å². The van der Waals surface area contributed by atoms with Gasteiger partial charge in [-0.2, -0.15) is 0 Å². The van der Waals surface area contributed by atoms with Crippen molar-refractivity contribution in [1.82, 2.24) is 10.2 Å². The third-order valence-corrected chi connectivity index (χ3v) is 3.48. The van der Waals surface area contributed by atoms with E-state index in [2.05, 4.69) is 21.4 Å². The fourth-order valence-electron chi connectivity index (χ4n) is 2.45. The summed E-state index contributed by atoms with van der Waals surface area (Å²) in [6, 6.07) is 8.08. The van der Waals surface area contributed by atoms with Crippen LogP contribution in [-0.2, 0) is 13.0 Å². The monoisotopic (exact) mass is 271 g/mol. The predicted molar refractivity (Wildman–Crippen MR) is 77.9 cm³/mol. The van der Waals surface area contributed by atoms with E-state index in [0.29, 0.717) is 18.8 Å². The van der Waals surface area contributed by atoms with E-state index >= 15 is 0 Å². The van der Waals surface area contributed by atoms with Gasteiger partial charge >= 0.3 is 0 Å². The average Bonchev–Trinajstić information content (AvgIpc) is 2.95. The van der Waals surface area contributed by atoms with E-state index in [9.17, 15) is 0 Å². The average molecular weight is 271 g/mol. The number of fused-ring (bicyclic) bond motifs is 1. The van der Waals surface area contributed by atoms with Crippen molar-refractivity contribution >= 4 is 12.7 Å². The molecule has 104 valence electrons. The Hall–Kier alpha value is -2.34. The van der Waals surface area contributed by atoms with Crippen molar-refractivity contribution in [2.75, 3.05) is 6.61 Å². The lowest BCUT2D eigenvalue weighted by Gasteiger charge is -2.29. The van der Waals surface area contributed by atoms with Crippen molar-refractivity contribution < 1.29 is 5.11 Å². The van der Waals surface area contributed by atoms with Crippen molar-refractivity contribution in [2.24, 2.45) is 15.7 Å². The summed E-state index contributed by atoms with van der Waals surface area (Å²) in [6.07, 6.45) is 3.89. The zero-order chi connectivity index (χ0) is 13.9. The molecule has 2 aliphatic heterocycles. The Morgan fingerprint density at radius 2 is 2.10 bits per heavy atom. The van der Waals surface area contributed by atoms with Crippen LogP contribution in [0.1, 0.15) is 11.1 Å². The normalized spacial score (nSPS) is 20.2. The molecule has 1 atom stereocenters. The lowest BCUT2D eigenvalue weighted by Crippen LogP contribution is -2.38. The molecule has 1 aromatic rings. The smallest absolute Gasteiger partial charge is 0.168 e. The zero-order valence-electron chi connectivity index (χ0n) is 11.0. The van der Waals surface area contributed by atoms with Crippen molar-refractivity contribution in [3.63, 3.8) is 0 Å². The van der Waals surface area contributed by atoms with Gasteiger partial charge in [-0.1, -0.05) is 24.3 Å². The Kier molecular flexibility index (Phi) is 3.39. The van der Waals surface area contributed by atoms with Crippen LogP contribution in [0.25, 0.3) is 0 Å². The number of aliphatic hydroxyl groups excluding tert-OH is 1. The van der Waals surface area contributed by atoms with E-state index < -0.39 is 0 Å². The summed E-state index contributed by atoms with van der Waals surface area (Å²) in [5, 5.41) is 12.2. The summed E-state index contributed by atoms with van der Waals surface area (Å²) in [4.78, 5) is 10.6. The standard InChI is InChI=1S/C14H17N5O/c15-13-12-14(17-8-16-12)19(9-18-13)7-11-4-2-1-3-10(11)5-6-20/h1-4,8-9,14,20H,5-7,15H2,(H,16,17). The quantitative estimate of drug-likeness (QED) is 0.727. The molecule has 0 bridgehead atoms. The molecule has 0 saturated carbocycles. The molecule has 20 heavy (non-hydrogen) atoms. The maximum atomic E-state index is 9.14. The van der Waals surface area contributed by atoms with Crippen LogP contribution in [0.15, 0.2) is 45.8 Å². The molecule has 0 fully saturated rings. The maximum Gasteiger partial charge on any atom is 0.168 e. The molecule has 0 amide bonds. The number of hydrogen-bond donors (Lipinski definition) is 3. The minimum atomic E-state index is -0.130. The highest BCUT2D eigenvalue weighted by Crippen LogP contribution is 2.22. The molecule has 2 aliphatic rings. The van der Waals surface area contributed by atoms with E-state index in [0.717, 1.165) is 16.8 Å². The number of aliphatic hydroxyl groups is 1. The largest absolute Gasteiger partial charge is 0.396 e. The van der Waals surface area contributed by atoms with Crippen LogP contribution >= 0.6 is 0 Å². The van der Waals surface area contributed by atoms with Crippen LogP contribution in [0.5, 0.6) is 0 Å². The van der Waals surface area contributed by atoms with Crippen LogP contribution in [0.4, 0.5) is 0 Å². The Bertz CT molecular complexity index is 593. The summed E-state index contributed by atoms with van der Waals surface area (Å²) in [5.41, 5.74) is 8.96. The van der Waals surface area contributed by atoms with Crippen molar-refractivity contribution in [3.05, 3.63) is 46.9 Å². The third kappa shape index (κ3) is 2.25. The first-order valence-electron chi connectivity index (χ1n) is 6.55. The molecular formula is C14H17N5O. The molecule has 4 N–H and O–H groups in total. The summed E-state index contributed by atoms with van der Waals surface area (Å²) >= 11 is 0. The minimum absolute atomic E-state index is 0.130. The van der Waals surface area contributed by atoms with Crippen LogP contribution < -0.4 is 11.1 Å². The second-order valence-corrected chi connectivity index (χ2v) is 4.75. The molecule has 6 heteroatoms. The van der Waals surface area contributed by atoms with E-state index in [1.54, 1.807) is 12.7 Å². The second kappa shape index (κ2) is 5.34. The fourth-order valence-corrected chi connectivity index (χ4v) is 2.45. The molecule has 0 spiro atoms. The fraction of sp³-hybridized carbons (Fsp3) is 0.286. The first-order valence-corrected chi connectivity index (χ1v) is 6.55. The Labute approximate surface area is 117 Å². The summed E-state index contributed by atoms with van der Waals surface area (Å²) in [5.74, 6) is 0.479. The second-order valence-electron chi connectivity index (χ2n) is 4.75. The van der Waals surface area contributed by atoms with Gasteiger partial charge < -0.3 is 21.1 Å². The molecule has 3 rings (SSSR count). The first-order chi connectivity index (χ1) is 9.79. The lowest BCUT2D eigenvalue weighted by atomic mass is 10.0. The van der Waals surface area contributed by atoms with E-state index in [1.165, 1.54) is 0 Å². The molecule has 6 nitrogen and oxygen atoms in total. The molecule has 0 aliphatic carbocycles. The predicted octanol–water partition coefficient (Wildman–Crippen LogP) is 0.151. The van der Waals surface area contributed by atoms with Gasteiger partial charge in [0.1, 0.15) is 11.5 Å². The number of nitrogens with two attached hydrogens (primary N) is 1. The topological polar surface area (TPSA) is 86.2 Å². The van der Waals surface area contributed by atoms with Gasteiger partial charge in [-0.3, -0.25) is 0 Å². The molecule has 1 aromatic carbocycles. The zero-order valence-corrected chi connectivity index (χ0v) is 11.0. The molecule has 0 aromatic heterocycles. The highest BCUT2D eigenvalue weighted by Gasteiger charge is 2.28. The minimum Gasteiger partial charge on any atom is -0.396 e. The summed E-state index contributed by atoms with van der Waals surface area (Å²) in [6.45, 7) is 0.826. The van der Waals surface area contributed by atoms with Crippen LogP contribution in [-0.4, -0.2) is 35.5 Å². The van der Waals surface area contributed by atoms with Gasteiger partial charge in [0.25, 0.3) is 0 Å².